The number of benzene rings is 3. The molecule has 3 aromatic carbocycles. The van der Waals surface area contributed by atoms with Crippen LogP contribution in [0.2, 0.25) is 0 Å². The summed E-state index contributed by atoms with van der Waals surface area (Å²) in [5.41, 5.74) is 6.79. The highest BCUT2D eigenvalue weighted by Crippen LogP contribution is 2.39. The molecular formula is C30H35N7O. The Balaban J connectivity index is 1.64. The standard InChI is InChI=1S/C30H35N7O/c1-29(2,3)23-17-20(18-24(25(23)38)30(4,5)6)19-31-37-28-35-26(32-21-13-9-7-10-14-21)34-27(36-28)33-22-15-11-8-12-16-22/h7-19,38H,1-6H3,(H3,32,33,34,35,36,37). The maximum atomic E-state index is 11.0. The Morgan fingerprint density at radius 1 is 0.658 bits per heavy atom. The molecule has 4 N–H and O–H groups in total. The molecule has 4 rings (SSSR count). The molecule has 8 nitrogen and oxygen atoms in total. The minimum Gasteiger partial charge on any atom is -0.507 e. The van der Waals surface area contributed by atoms with Gasteiger partial charge in [-0.3, -0.25) is 0 Å². The number of hydrogen-bond donors (Lipinski definition) is 4. The Hall–Kier alpha value is -4.46. The highest BCUT2D eigenvalue weighted by Gasteiger charge is 2.26. The summed E-state index contributed by atoms with van der Waals surface area (Å²) in [6.45, 7) is 12.5. The molecule has 0 aliphatic rings. The molecule has 0 spiro atoms. The van der Waals surface area contributed by atoms with Crippen LogP contribution in [0.1, 0.15) is 58.2 Å². The number of phenols is 1. The Morgan fingerprint density at radius 2 is 1.08 bits per heavy atom. The van der Waals surface area contributed by atoms with Gasteiger partial charge in [0.25, 0.3) is 0 Å². The van der Waals surface area contributed by atoms with E-state index >= 15 is 0 Å². The maximum Gasteiger partial charge on any atom is 0.250 e. The third-order valence-electron chi connectivity index (χ3n) is 5.82. The molecule has 0 saturated carbocycles. The molecule has 4 aromatic rings. The van der Waals surface area contributed by atoms with Crippen molar-refractivity contribution in [3.63, 3.8) is 0 Å². The zero-order chi connectivity index (χ0) is 27.3. The first kappa shape index (κ1) is 26.6. The topological polar surface area (TPSA) is 107 Å². The second-order valence-corrected chi connectivity index (χ2v) is 11.1. The van der Waals surface area contributed by atoms with E-state index in [2.05, 4.69) is 77.7 Å². The van der Waals surface area contributed by atoms with Crippen LogP contribution in [0.15, 0.2) is 77.9 Å². The van der Waals surface area contributed by atoms with Gasteiger partial charge in [0, 0.05) is 22.5 Å². The van der Waals surface area contributed by atoms with Gasteiger partial charge < -0.3 is 15.7 Å². The lowest BCUT2D eigenvalue weighted by Crippen LogP contribution is -2.18. The average Bonchev–Trinajstić information content (AvgIpc) is 2.84. The van der Waals surface area contributed by atoms with Crippen molar-refractivity contribution < 1.29 is 5.11 Å². The fraction of sp³-hybridized carbons (Fsp3) is 0.267. The smallest absolute Gasteiger partial charge is 0.250 e. The number of aromatic nitrogens is 3. The largest absolute Gasteiger partial charge is 0.507 e. The second kappa shape index (κ2) is 10.9. The number of rotatable bonds is 7. The van der Waals surface area contributed by atoms with Crippen LogP contribution >= 0.6 is 0 Å². The van der Waals surface area contributed by atoms with Gasteiger partial charge in [0.15, 0.2) is 0 Å². The molecule has 0 radical (unpaired) electrons. The van der Waals surface area contributed by atoms with Crippen LogP contribution in [0.4, 0.5) is 29.2 Å². The van der Waals surface area contributed by atoms with Gasteiger partial charge in [-0.25, -0.2) is 5.43 Å². The van der Waals surface area contributed by atoms with E-state index in [0.29, 0.717) is 17.6 Å². The quantitative estimate of drug-likeness (QED) is 0.155. The summed E-state index contributed by atoms with van der Waals surface area (Å²) < 4.78 is 0. The van der Waals surface area contributed by atoms with Crippen molar-refractivity contribution >= 4 is 35.4 Å². The van der Waals surface area contributed by atoms with E-state index in [4.69, 9.17) is 0 Å². The van der Waals surface area contributed by atoms with E-state index in [1.54, 1.807) is 6.21 Å². The lowest BCUT2D eigenvalue weighted by atomic mass is 9.78. The molecular weight excluding hydrogens is 474 g/mol. The lowest BCUT2D eigenvalue weighted by Gasteiger charge is -2.27. The zero-order valence-corrected chi connectivity index (χ0v) is 22.7. The second-order valence-electron chi connectivity index (χ2n) is 11.1. The molecule has 0 unspecified atom stereocenters. The van der Waals surface area contributed by atoms with Gasteiger partial charge in [-0.15, -0.1) is 0 Å². The van der Waals surface area contributed by atoms with E-state index < -0.39 is 0 Å². The first-order valence-electron chi connectivity index (χ1n) is 12.6. The molecule has 0 saturated heterocycles. The third kappa shape index (κ3) is 6.85. The third-order valence-corrected chi connectivity index (χ3v) is 5.82. The highest BCUT2D eigenvalue weighted by atomic mass is 16.3. The summed E-state index contributed by atoms with van der Waals surface area (Å²) in [5.74, 6) is 1.36. The molecule has 8 heteroatoms. The Labute approximate surface area is 224 Å². The maximum absolute atomic E-state index is 11.0. The van der Waals surface area contributed by atoms with Gasteiger partial charge in [-0.05, 0) is 52.8 Å². The van der Waals surface area contributed by atoms with Crippen molar-refractivity contribution in [1.29, 1.82) is 0 Å². The lowest BCUT2D eigenvalue weighted by molar-refractivity contribution is 0.423. The van der Waals surface area contributed by atoms with Gasteiger partial charge in [-0.2, -0.15) is 20.1 Å². The zero-order valence-electron chi connectivity index (χ0n) is 22.7. The number of hydrazone groups is 1. The summed E-state index contributed by atoms with van der Waals surface area (Å²) in [5, 5.41) is 21.8. The fourth-order valence-electron chi connectivity index (χ4n) is 3.88. The fourth-order valence-corrected chi connectivity index (χ4v) is 3.88. The molecule has 0 amide bonds. The first-order valence-corrected chi connectivity index (χ1v) is 12.6. The molecule has 1 aromatic heterocycles. The van der Waals surface area contributed by atoms with Crippen molar-refractivity contribution in [3.8, 4) is 5.75 Å². The van der Waals surface area contributed by atoms with Crippen LogP contribution in [0.3, 0.4) is 0 Å². The van der Waals surface area contributed by atoms with Crippen molar-refractivity contribution in [2.45, 2.75) is 52.4 Å². The van der Waals surface area contributed by atoms with Crippen molar-refractivity contribution in [2.24, 2.45) is 5.10 Å². The Bertz CT molecular complexity index is 1310. The Morgan fingerprint density at radius 3 is 1.50 bits per heavy atom. The van der Waals surface area contributed by atoms with Crippen LogP contribution in [0.5, 0.6) is 5.75 Å². The minimum absolute atomic E-state index is 0.231. The van der Waals surface area contributed by atoms with Crippen molar-refractivity contribution in [1.82, 2.24) is 15.0 Å². The molecule has 0 aliphatic carbocycles. The first-order chi connectivity index (χ1) is 18.0. The minimum atomic E-state index is -0.231. The molecule has 0 aliphatic heterocycles. The predicted octanol–water partition coefficient (Wildman–Crippen LogP) is 7.11. The SMILES string of the molecule is CC(C)(C)c1cc(C=NNc2nc(Nc3ccccc3)nc(Nc3ccccc3)n2)cc(C(C)(C)C)c1O. The monoisotopic (exact) mass is 509 g/mol. The highest BCUT2D eigenvalue weighted by molar-refractivity contribution is 5.82. The molecule has 0 atom stereocenters. The molecule has 0 fully saturated rings. The van der Waals surface area contributed by atoms with Gasteiger partial charge in [0.1, 0.15) is 5.75 Å². The molecule has 196 valence electrons. The number of para-hydroxylation sites is 2. The summed E-state index contributed by atoms with van der Waals surface area (Å²) >= 11 is 0. The van der Waals surface area contributed by atoms with Gasteiger partial charge in [-0.1, -0.05) is 77.9 Å². The summed E-state index contributed by atoms with van der Waals surface area (Å²) in [6.07, 6.45) is 1.71. The molecule has 0 bridgehead atoms. The van der Waals surface area contributed by atoms with Gasteiger partial charge in [0.05, 0.1) is 6.21 Å². The summed E-state index contributed by atoms with van der Waals surface area (Å²) in [4.78, 5) is 13.5. The van der Waals surface area contributed by atoms with Crippen LogP contribution < -0.4 is 16.1 Å². The number of anilines is 5. The van der Waals surface area contributed by atoms with E-state index in [-0.39, 0.29) is 16.8 Å². The summed E-state index contributed by atoms with van der Waals surface area (Å²) in [7, 11) is 0. The number of hydrogen-bond acceptors (Lipinski definition) is 8. The van der Waals surface area contributed by atoms with Gasteiger partial charge in [0.2, 0.25) is 17.8 Å². The van der Waals surface area contributed by atoms with Crippen LogP contribution in [-0.4, -0.2) is 26.3 Å². The van der Waals surface area contributed by atoms with E-state index in [1.165, 1.54) is 0 Å². The Kier molecular flexibility index (Phi) is 7.62. The van der Waals surface area contributed by atoms with Crippen molar-refractivity contribution in [3.05, 3.63) is 89.5 Å². The van der Waals surface area contributed by atoms with Crippen LogP contribution in [-0.2, 0) is 10.8 Å². The van der Waals surface area contributed by atoms with E-state index in [0.717, 1.165) is 28.1 Å². The average molecular weight is 510 g/mol. The molecule has 1 heterocycles. The summed E-state index contributed by atoms with van der Waals surface area (Å²) in [6, 6.07) is 23.3. The predicted molar refractivity (Wildman–Crippen MR) is 156 cm³/mol. The number of nitrogens with zero attached hydrogens (tertiary/aromatic N) is 4. The van der Waals surface area contributed by atoms with Crippen LogP contribution in [0, 0.1) is 0 Å². The van der Waals surface area contributed by atoms with Gasteiger partial charge >= 0.3 is 0 Å². The number of aromatic hydroxyl groups is 1. The number of phenolic OH excluding ortho intramolecular Hbond substituents is 1. The van der Waals surface area contributed by atoms with Crippen molar-refractivity contribution in [2.75, 3.05) is 16.1 Å². The van der Waals surface area contributed by atoms with E-state index in [9.17, 15) is 5.11 Å². The van der Waals surface area contributed by atoms with E-state index in [1.807, 2.05) is 72.8 Å². The van der Waals surface area contributed by atoms with Crippen LogP contribution in [0.25, 0.3) is 0 Å². The molecule has 38 heavy (non-hydrogen) atoms. The number of nitrogens with one attached hydrogen (secondary N) is 3. The normalized spacial score (nSPS) is 11.9.